The molecule has 0 aliphatic heterocycles. The zero-order valence-corrected chi connectivity index (χ0v) is 11.7. The minimum Gasteiger partial charge on any atom is -0.465 e. The van der Waals surface area contributed by atoms with Crippen molar-refractivity contribution in [3.63, 3.8) is 0 Å². The predicted molar refractivity (Wildman–Crippen MR) is 74.9 cm³/mol. The summed E-state index contributed by atoms with van der Waals surface area (Å²) in [5, 5.41) is 0. The van der Waals surface area contributed by atoms with Gasteiger partial charge in [-0.2, -0.15) is 0 Å². The number of carbonyl (C=O) groups excluding carboxylic acids is 1. The van der Waals surface area contributed by atoms with Crippen LogP contribution in [0.1, 0.15) is 27.3 Å². The van der Waals surface area contributed by atoms with Crippen LogP contribution in [-0.2, 0) is 11.3 Å². The predicted octanol–water partition coefficient (Wildman–Crippen LogP) is 1.70. The maximum Gasteiger partial charge on any atom is 0.345 e. The second-order valence-electron chi connectivity index (χ2n) is 4.59. The molecule has 0 unspecified atom stereocenters. The first kappa shape index (κ1) is 14.0. The first-order valence-electron chi connectivity index (χ1n) is 6.23. The number of rotatable bonds is 3. The average Bonchev–Trinajstić information content (AvgIpc) is 2.45. The van der Waals surface area contributed by atoms with E-state index >= 15 is 0 Å². The molecule has 20 heavy (non-hydrogen) atoms. The van der Waals surface area contributed by atoms with E-state index in [0.717, 1.165) is 11.1 Å². The van der Waals surface area contributed by atoms with Gasteiger partial charge in [0.25, 0.3) is 5.56 Å². The Morgan fingerprint density at radius 1 is 1.25 bits per heavy atom. The molecular formula is C15H16N2O3. The molecule has 2 aromatic rings. The normalized spacial score (nSPS) is 10.3. The third-order valence-corrected chi connectivity index (χ3v) is 3.11. The number of ether oxygens (including phenoxy) is 1. The number of benzene rings is 1. The minimum absolute atomic E-state index is 0.0507. The molecule has 104 valence electrons. The summed E-state index contributed by atoms with van der Waals surface area (Å²) in [7, 11) is 1.24. The molecule has 0 bridgehead atoms. The van der Waals surface area contributed by atoms with Gasteiger partial charge in [0.2, 0.25) is 0 Å². The van der Waals surface area contributed by atoms with E-state index in [1.54, 1.807) is 6.92 Å². The Hall–Kier alpha value is -2.43. The Morgan fingerprint density at radius 2 is 1.90 bits per heavy atom. The van der Waals surface area contributed by atoms with Gasteiger partial charge in [0.1, 0.15) is 11.4 Å². The van der Waals surface area contributed by atoms with Crippen LogP contribution in [0, 0.1) is 13.8 Å². The van der Waals surface area contributed by atoms with Gasteiger partial charge in [0.05, 0.1) is 13.7 Å². The summed E-state index contributed by atoms with van der Waals surface area (Å²) in [5.74, 6) is -0.108. The lowest BCUT2D eigenvalue weighted by Gasteiger charge is -2.10. The van der Waals surface area contributed by atoms with E-state index in [0.29, 0.717) is 12.4 Å². The summed E-state index contributed by atoms with van der Waals surface area (Å²) in [6.45, 7) is 4.11. The number of nitrogens with zero attached hydrogens (tertiary/aromatic N) is 2. The highest BCUT2D eigenvalue weighted by Gasteiger charge is 2.15. The van der Waals surface area contributed by atoms with Gasteiger partial charge in [-0.15, -0.1) is 0 Å². The van der Waals surface area contributed by atoms with E-state index in [4.69, 9.17) is 0 Å². The van der Waals surface area contributed by atoms with E-state index in [1.165, 1.54) is 17.9 Å². The van der Waals surface area contributed by atoms with Crippen LogP contribution in [-0.4, -0.2) is 22.6 Å². The highest BCUT2D eigenvalue weighted by molar-refractivity contribution is 5.88. The van der Waals surface area contributed by atoms with Crippen molar-refractivity contribution in [3.05, 3.63) is 63.3 Å². The number of aromatic nitrogens is 2. The Bertz CT molecular complexity index is 687. The van der Waals surface area contributed by atoms with Crippen molar-refractivity contribution in [1.29, 1.82) is 0 Å². The highest BCUT2D eigenvalue weighted by Crippen LogP contribution is 2.06. The number of esters is 1. The van der Waals surface area contributed by atoms with Crippen LogP contribution in [0.15, 0.2) is 35.3 Å². The lowest BCUT2D eigenvalue weighted by molar-refractivity contribution is 0.0597. The number of hydrogen-bond acceptors (Lipinski definition) is 4. The molecule has 5 nitrogen and oxygen atoms in total. The van der Waals surface area contributed by atoms with Gasteiger partial charge in [-0.25, -0.2) is 9.78 Å². The second-order valence-corrected chi connectivity index (χ2v) is 4.59. The topological polar surface area (TPSA) is 61.2 Å². The number of aryl methyl sites for hydroxylation is 2. The quantitative estimate of drug-likeness (QED) is 0.798. The first-order chi connectivity index (χ1) is 9.52. The molecule has 0 saturated heterocycles. The van der Waals surface area contributed by atoms with Gasteiger partial charge >= 0.3 is 5.97 Å². The second kappa shape index (κ2) is 5.69. The van der Waals surface area contributed by atoms with E-state index in [1.807, 2.05) is 31.2 Å². The summed E-state index contributed by atoms with van der Waals surface area (Å²) < 4.78 is 6.05. The van der Waals surface area contributed by atoms with E-state index < -0.39 is 5.97 Å². The van der Waals surface area contributed by atoms with Crippen molar-refractivity contribution in [2.24, 2.45) is 0 Å². The molecule has 0 aliphatic carbocycles. The Kier molecular flexibility index (Phi) is 3.98. The number of carbonyl (C=O) groups is 1. The van der Waals surface area contributed by atoms with Gasteiger partial charge in [-0.1, -0.05) is 29.8 Å². The molecular weight excluding hydrogens is 256 g/mol. The van der Waals surface area contributed by atoms with Crippen LogP contribution in [0.4, 0.5) is 0 Å². The third kappa shape index (κ3) is 2.77. The molecule has 1 aromatic heterocycles. The van der Waals surface area contributed by atoms with Crippen LogP contribution >= 0.6 is 0 Å². The van der Waals surface area contributed by atoms with E-state index in [9.17, 15) is 9.59 Å². The highest BCUT2D eigenvalue weighted by atomic mass is 16.5. The van der Waals surface area contributed by atoms with Crippen LogP contribution in [0.2, 0.25) is 0 Å². The smallest absolute Gasteiger partial charge is 0.345 e. The molecule has 0 saturated carbocycles. The van der Waals surface area contributed by atoms with Gasteiger partial charge in [0, 0.05) is 6.20 Å². The monoisotopic (exact) mass is 272 g/mol. The Balaban J connectivity index is 2.43. The molecule has 0 N–H and O–H groups in total. The lowest BCUT2D eigenvalue weighted by atomic mass is 10.1. The number of methoxy groups -OCH3 is 1. The maximum atomic E-state index is 12.3. The van der Waals surface area contributed by atoms with Gasteiger partial charge < -0.3 is 4.74 Å². The maximum absolute atomic E-state index is 12.3. The van der Waals surface area contributed by atoms with Crippen molar-refractivity contribution >= 4 is 5.97 Å². The molecule has 5 heteroatoms. The summed E-state index contributed by atoms with van der Waals surface area (Å²) in [6, 6.07) is 7.86. The minimum atomic E-state index is -0.667. The summed E-state index contributed by atoms with van der Waals surface area (Å²) in [4.78, 5) is 27.9. The van der Waals surface area contributed by atoms with Crippen LogP contribution < -0.4 is 5.56 Å². The molecule has 0 atom stereocenters. The number of hydrogen-bond donors (Lipinski definition) is 0. The summed E-state index contributed by atoms with van der Waals surface area (Å²) in [6.07, 6.45) is 1.26. The van der Waals surface area contributed by atoms with Crippen molar-refractivity contribution in [2.75, 3.05) is 7.11 Å². The average molecular weight is 272 g/mol. The lowest BCUT2D eigenvalue weighted by Crippen LogP contribution is -2.29. The van der Waals surface area contributed by atoms with Crippen LogP contribution in [0.5, 0.6) is 0 Å². The van der Waals surface area contributed by atoms with Crippen molar-refractivity contribution in [2.45, 2.75) is 20.4 Å². The van der Waals surface area contributed by atoms with Crippen molar-refractivity contribution in [3.8, 4) is 0 Å². The van der Waals surface area contributed by atoms with E-state index in [-0.39, 0.29) is 11.1 Å². The van der Waals surface area contributed by atoms with Gasteiger partial charge in [0.15, 0.2) is 0 Å². The fourth-order valence-corrected chi connectivity index (χ4v) is 1.89. The molecule has 0 aliphatic rings. The third-order valence-electron chi connectivity index (χ3n) is 3.11. The van der Waals surface area contributed by atoms with Crippen molar-refractivity contribution in [1.82, 2.24) is 9.55 Å². The molecule has 1 heterocycles. The molecule has 0 amide bonds. The SMILES string of the molecule is COC(=O)c1cnc(C)n(Cc2ccc(C)cc2)c1=O. The largest absolute Gasteiger partial charge is 0.465 e. The summed E-state index contributed by atoms with van der Waals surface area (Å²) in [5.41, 5.74) is 1.69. The zero-order valence-electron chi connectivity index (χ0n) is 11.7. The molecule has 0 spiro atoms. The van der Waals surface area contributed by atoms with E-state index in [2.05, 4.69) is 9.72 Å². The Labute approximate surface area is 116 Å². The summed E-state index contributed by atoms with van der Waals surface area (Å²) >= 11 is 0. The Morgan fingerprint density at radius 3 is 2.50 bits per heavy atom. The first-order valence-corrected chi connectivity index (χ1v) is 6.23. The van der Waals surface area contributed by atoms with Gasteiger partial charge in [-0.05, 0) is 19.4 Å². The van der Waals surface area contributed by atoms with Crippen LogP contribution in [0.25, 0.3) is 0 Å². The molecule has 1 aromatic carbocycles. The zero-order chi connectivity index (χ0) is 14.7. The standard InChI is InChI=1S/C15H16N2O3/c1-10-4-6-12(7-5-10)9-17-11(2)16-8-13(14(17)18)15(19)20-3/h4-8H,9H2,1-3H3. The fraction of sp³-hybridized carbons (Fsp3) is 0.267. The van der Waals surface area contributed by atoms with Crippen LogP contribution in [0.3, 0.4) is 0 Å². The van der Waals surface area contributed by atoms with Gasteiger partial charge in [-0.3, -0.25) is 9.36 Å². The molecule has 0 fully saturated rings. The van der Waals surface area contributed by atoms with Crippen molar-refractivity contribution < 1.29 is 9.53 Å². The molecule has 0 radical (unpaired) electrons. The molecule has 2 rings (SSSR count). The fourth-order valence-electron chi connectivity index (χ4n) is 1.89.